The Morgan fingerprint density at radius 1 is 1.02 bits per heavy atom. The van der Waals surface area contributed by atoms with Gasteiger partial charge in [-0.3, -0.25) is 4.68 Å². The van der Waals surface area contributed by atoms with Gasteiger partial charge in [-0.25, -0.2) is 19.6 Å². The molecule has 0 unspecified atom stereocenters. The number of benzene rings is 2. The predicted molar refractivity (Wildman–Crippen MR) is 168 cm³/mol. The van der Waals surface area contributed by atoms with Crippen LogP contribution in [0, 0.1) is 0 Å². The number of amides is 1. The van der Waals surface area contributed by atoms with Crippen LogP contribution in [0.15, 0.2) is 60.8 Å². The number of nitrogens with zero attached hydrogens (tertiary/aromatic N) is 4. The first-order chi connectivity index (χ1) is 20.9. The second kappa shape index (κ2) is 14.0. The molecule has 0 aliphatic carbocycles. The van der Waals surface area contributed by atoms with Crippen LogP contribution < -0.4 is 15.8 Å². The van der Waals surface area contributed by atoms with Crippen molar-refractivity contribution >= 4 is 18.0 Å². The van der Waals surface area contributed by atoms with E-state index < -0.39 is 17.7 Å². The predicted octanol–water partition coefficient (Wildman–Crippen LogP) is 5.99. The maximum atomic E-state index is 13.4. The summed E-state index contributed by atoms with van der Waals surface area (Å²) in [6, 6.07) is 17.4. The summed E-state index contributed by atoms with van der Waals surface area (Å²) in [5.41, 5.74) is 9.86. The van der Waals surface area contributed by atoms with Gasteiger partial charge >= 0.3 is 12.1 Å². The van der Waals surface area contributed by atoms with Crippen molar-refractivity contribution in [3.63, 3.8) is 0 Å². The number of alkyl carbamates (subject to hydrolysis) is 1. The smallest absolute Gasteiger partial charge is 0.407 e. The normalized spacial score (nSPS) is 11.3. The second-order valence-corrected chi connectivity index (χ2v) is 11.5. The highest BCUT2D eigenvalue weighted by molar-refractivity contribution is 6.00. The fraction of sp³-hybridized carbons (Fsp3) is 0.364. The second-order valence-electron chi connectivity index (χ2n) is 11.5. The molecule has 11 nitrogen and oxygen atoms in total. The molecule has 0 saturated carbocycles. The summed E-state index contributed by atoms with van der Waals surface area (Å²) in [6.07, 6.45) is 0.956. The summed E-state index contributed by atoms with van der Waals surface area (Å²) in [5.74, 6) is 0.635. The number of hydrogen-bond acceptors (Lipinski definition) is 9. The minimum atomic E-state index is -0.645. The molecule has 0 fully saturated rings. The zero-order chi connectivity index (χ0) is 31.9. The third-order valence-corrected chi connectivity index (χ3v) is 6.52. The van der Waals surface area contributed by atoms with Gasteiger partial charge in [-0.15, -0.1) is 0 Å². The topological polar surface area (TPSA) is 143 Å². The van der Waals surface area contributed by atoms with E-state index in [0.717, 1.165) is 5.56 Å². The van der Waals surface area contributed by atoms with Crippen molar-refractivity contribution in [2.45, 2.75) is 66.2 Å². The van der Waals surface area contributed by atoms with Crippen LogP contribution in [0.1, 0.15) is 69.1 Å². The molecule has 2 aromatic carbocycles. The first kappa shape index (κ1) is 32.0. The standard InChI is InChI=1S/C33H40N6O5/c1-7-42-30(40)29-27(24-12-14-25(15-13-24)43-20-22-8-10-23(11-9-22)21(2)3)28(26-16-17-35-31(34)37-26)38-39(29)19-18-36-32(41)44-33(4,5)6/h8-17,21H,7,18-20H2,1-6H3,(H,36,41)(H2,34,35,37). The minimum absolute atomic E-state index is 0.0671. The van der Waals surface area contributed by atoms with Crippen LogP contribution in [0.5, 0.6) is 5.75 Å². The number of nitrogen functional groups attached to an aromatic ring is 1. The van der Waals surface area contributed by atoms with Gasteiger partial charge in [-0.2, -0.15) is 5.10 Å². The number of hydrogen-bond donors (Lipinski definition) is 2. The number of esters is 1. The Morgan fingerprint density at radius 2 is 1.73 bits per heavy atom. The van der Waals surface area contributed by atoms with Crippen LogP contribution in [-0.4, -0.2) is 50.6 Å². The van der Waals surface area contributed by atoms with Crippen molar-refractivity contribution in [1.82, 2.24) is 25.1 Å². The Bertz CT molecular complexity index is 1570. The van der Waals surface area contributed by atoms with E-state index in [2.05, 4.69) is 53.4 Å². The number of carbonyl (C=O) groups is 2. The summed E-state index contributed by atoms with van der Waals surface area (Å²) in [5, 5.41) is 7.45. The van der Waals surface area contributed by atoms with Crippen molar-refractivity contribution in [3.05, 3.63) is 77.6 Å². The summed E-state index contributed by atoms with van der Waals surface area (Å²) in [7, 11) is 0. The molecule has 232 valence electrons. The lowest BCUT2D eigenvalue weighted by atomic mass is 10.0. The molecule has 4 rings (SSSR count). The fourth-order valence-electron chi connectivity index (χ4n) is 4.45. The van der Waals surface area contributed by atoms with Crippen molar-refractivity contribution in [2.75, 3.05) is 18.9 Å². The number of ether oxygens (including phenoxy) is 3. The SMILES string of the molecule is CCOC(=O)c1c(-c2ccc(OCc3ccc(C(C)C)cc3)cc2)c(-c2ccnc(N)n2)nn1CCNC(=O)OC(C)(C)C. The van der Waals surface area contributed by atoms with Crippen LogP contribution in [0.25, 0.3) is 22.5 Å². The van der Waals surface area contributed by atoms with E-state index in [9.17, 15) is 9.59 Å². The molecule has 2 aromatic heterocycles. The largest absolute Gasteiger partial charge is 0.489 e. The molecular weight excluding hydrogens is 560 g/mol. The van der Waals surface area contributed by atoms with Gasteiger partial charge < -0.3 is 25.3 Å². The summed E-state index contributed by atoms with van der Waals surface area (Å²) in [4.78, 5) is 34.0. The van der Waals surface area contributed by atoms with Gasteiger partial charge in [0, 0.05) is 18.3 Å². The van der Waals surface area contributed by atoms with Gasteiger partial charge in [0.2, 0.25) is 5.95 Å². The number of aromatic nitrogens is 4. The van der Waals surface area contributed by atoms with Gasteiger partial charge in [0.1, 0.15) is 23.7 Å². The average molecular weight is 601 g/mol. The third kappa shape index (κ3) is 8.33. The van der Waals surface area contributed by atoms with Crippen LogP contribution in [-0.2, 0) is 22.6 Å². The highest BCUT2D eigenvalue weighted by Crippen LogP contribution is 2.35. The molecule has 0 aliphatic rings. The van der Waals surface area contributed by atoms with E-state index in [0.29, 0.717) is 40.8 Å². The van der Waals surface area contributed by atoms with Gasteiger partial charge in [-0.1, -0.05) is 50.2 Å². The summed E-state index contributed by atoms with van der Waals surface area (Å²) in [6.45, 7) is 12.3. The maximum Gasteiger partial charge on any atom is 0.407 e. The monoisotopic (exact) mass is 600 g/mol. The third-order valence-electron chi connectivity index (χ3n) is 6.52. The Balaban J connectivity index is 1.66. The molecule has 4 aromatic rings. The Hall–Kier alpha value is -4.93. The molecule has 0 saturated heterocycles. The first-order valence-electron chi connectivity index (χ1n) is 14.6. The zero-order valence-electron chi connectivity index (χ0n) is 26.1. The molecule has 0 spiro atoms. The van der Waals surface area contributed by atoms with E-state index in [1.54, 1.807) is 33.8 Å². The molecule has 0 radical (unpaired) electrons. The Labute approximate surface area is 257 Å². The lowest BCUT2D eigenvalue weighted by Gasteiger charge is -2.19. The van der Waals surface area contributed by atoms with Gasteiger partial charge in [-0.05, 0) is 68.5 Å². The van der Waals surface area contributed by atoms with E-state index in [-0.39, 0.29) is 31.3 Å². The van der Waals surface area contributed by atoms with Crippen molar-refractivity contribution in [2.24, 2.45) is 0 Å². The number of anilines is 1. The highest BCUT2D eigenvalue weighted by Gasteiger charge is 2.28. The summed E-state index contributed by atoms with van der Waals surface area (Å²) < 4.78 is 18.3. The lowest BCUT2D eigenvalue weighted by molar-refractivity contribution is 0.0513. The molecule has 3 N–H and O–H groups in total. The fourth-order valence-corrected chi connectivity index (χ4v) is 4.45. The first-order valence-corrected chi connectivity index (χ1v) is 14.6. The number of nitrogens with one attached hydrogen (secondary N) is 1. The summed E-state index contributed by atoms with van der Waals surface area (Å²) >= 11 is 0. The van der Waals surface area contributed by atoms with E-state index >= 15 is 0 Å². The molecule has 2 heterocycles. The van der Waals surface area contributed by atoms with E-state index in [1.165, 1.54) is 16.4 Å². The van der Waals surface area contributed by atoms with Crippen molar-refractivity contribution in [3.8, 4) is 28.3 Å². The molecule has 0 aliphatic heterocycles. The number of nitrogens with two attached hydrogens (primary N) is 1. The maximum absolute atomic E-state index is 13.4. The molecular formula is C33H40N6O5. The number of carbonyl (C=O) groups excluding carboxylic acids is 2. The van der Waals surface area contributed by atoms with Crippen LogP contribution in [0.2, 0.25) is 0 Å². The van der Waals surface area contributed by atoms with Crippen LogP contribution in [0.4, 0.5) is 10.7 Å². The number of rotatable bonds is 11. The van der Waals surface area contributed by atoms with Gasteiger partial charge in [0.25, 0.3) is 0 Å². The average Bonchev–Trinajstić information content (AvgIpc) is 3.35. The van der Waals surface area contributed by atoms with Gasteiger partial charge in [0.05, 0.1) is 18.8 Å². The molecule has 0 bridgehead atoms. The van der Waals surface area contributed by atoms with Crippen molar-refractivity contribution < 1.29 is 23.8 Å². The van der Waals surface area contributed by atoms with Crippen LogP contribution >= 0.6 is 0 Å². The Morgan fingerprint density at radius 3 is 2.34 bits per heavy atom. The zero-order valence-corrected chi connectivity index (χ0v) is 26.1. The van der Waals surface area contributed by atoms with Crippen molar-refractivity contribution in [1.29, 1.82) is 0 Å². The van der Waals surface area contributed by atoms with E-state index in [4.69, 9.17) is 25.0 Å². The molecule has 11 heteroatoms. The minimum Gasteiger partial charge on any atom is -0.489 e. The lowest BCUT2D eigenvalue weighted by Crippen LogP contribution is -2.34. The highest BCUT2D eigenvalue weighted by atomic mass is 16.6. The van der Waals surface area contributed by atoms with E-state index in [1.807, 2.05) is 24.3 Å². The van der Waals surface area contributed by atoms with Crippen LogP contribution in [0.3, 0.4) is 0 Å². The molecule has 1 amide bonds. The quantitative estimate of drug-likeness (QED) is 0.198. The molecule has 44 heavy (non-hydrogen) atoms. The van der Waals surface area contributed by atoms with Gasteiger partial charge in [0.15, 0.2) is 5.69 Å². The Kier molecular flexibility index (Phi) is 10.2. The molecule has 0 atom stereocenters.